The van der Waals surface area contributed by atoms with E-state index in [1.54, 1.807) is 60.7 Å². The van der Waals surface area contributed by atoms with E-state index in [1.807, 2.05) is 4.90 Å². The summed E-state index contributed by atoms with van der Waals surface area (Å²) in [7, 11) is 0.316. The first kappa shape index (κ1) is 40.4. The number of carbonyl (C=O) groups is 4. The topological polar surface area (TPSA) is 133 Å². The molecule has 2 fully saturated rings. The number of hydrogen-bond donors (Lipinski definition) is 1. The molecule has 51 heavy (non-hydrogen) atoms. The van der Waals surface area contributed by atoms with E-state index in [-0.39, 0.29) is 37.6 Å². The Morgan fingerprint density at radius 3 is 2.10 bits per heavy atom. The van der Waals surface area contributed by atoms with E-state index in [4.69, 9.17) is 23.5 Å². The van der Waals surface area contributed by atoms with Crippen LogP contribution in [0.1, 0.15) is 93.9 Å². The van der Waals surface area contributed by atoms with Crippen LogP contribution in [0.4, 0.5) is 0 Å². The normalized spacial score (nSPS) is 21.4. The lowest BCUT2D eigenvalue weighted by atomic mass is 9.99. The summed E-state index contributed by atoms with van der Waals surface area (Å²) in [5.41, 5.74) is 0.761. The van der Waals surface area contributed by atoms with E-state index < -0.39 is 36.5 Å². The SMILES string of the molecule is CC(=O)N[C@H]1C(OC(=O)c2ccccc2)CC(COC(=O)c2ccccc2)O[C@H]1OCCCCC(=O)N1CCC(OPN(C(C)C)C(C)C)CC1. The van der Waals surface area contributed by atoms with Crippen molar-refractivity contribution in [1.29, 1.82) is 0 Å². The molecule has 5 atom stereocenters. The molecule has 13 heteroatoms. The predicted molar refractivity (Wildman–Crippen MR) is 194 cm³/mol. The highest BCUT2D eigenvalue weighted by molar-refractivity contribution is 7.29. The lowest BCUT2D eigenvalue weighted by Crippen LogP contribution is -2.59. The van der Waals surface area contributed by atoms with Crippen molar-refractivity contribution >= 4 is 32.7 Å². The Bertz CT molecular complexity index is 1380. The van der Waals surface area contributed by atoms with E-state index in [9.17, 15) is 19.2 Å². The van der Waals surface area contributed by atoms with Crippen LogP contribution in [0.15, 0.2) is 60.7 Å². The number of hydrogen-bond acceptors (Lipinski definition) is 10. The molecule has 0 aromatic heterocycles. The lowest BCUT2D eigenvalue weighted by molar-refractivity contribution is -0.236. The first-order valence-electron chi connectivity index (χ1n) is 18.0. The predicted octanol–water partition coefficient (Wildman–Crippen LogP) is 5.51. The van der Waals surface area contributed by atoms with E-state index in [1.165, 1.54) is 6.92 Å². The zero-order valence-electron chi connectivity index (χ0n) is 30.5. The van der Waals surface area contributed by atoms with Crippen molar-refractivity contribution in [3.63, 3.8) is 0 Å². The van der Waals surface area contributed by atoms with E-state index in [0.29, 0.717) is 64.5 Å². The van der Waals surface area contributed by atoms with Crippen LogP contribution in [0.3, 0.4) is 0 Å². The van der Waals surface area contributed by atoms with Gasteiger partial charge in [-0.05, 0) is 77.6 Å². The van der Waals surface area contributed by atoms with E-state index in [0.717, 1.165) is 12.8 Å². The molecule has 1 N–H and O–H groups in total. The first-order valence-corrected chi connectivity index (χ1v) is 18.9. The van der Waals surface area contributed by atoms with Crippen molar-refractivity contribution < 1.29 is 42.6 Å². The molecule has 0 spiro atoms. The maximum atomic E-state index is 13.1. The first-order chi connectivity index (χ1) is 24.5. The third-order valence-electron chi connectivity index (χ3n) is 8.86. The Kier molecular flexibility index (Phi) is 16.3. The third-order valence-corrected chi connectivity index (χ3v) is 10.5. The number of benzene rings is 2. The summed E-state index contributed by atoms with van der Waals surface area (Å²) in [6.07, 6.45) is 1.06. The Morgan fingerprint density at radius 1 is 0.902 bits per heavy atom. The number of piperidine rings is 1. The number of likely N-dealkylation sites (tertiary alicyclic amines) is 1. The van der Waals surface area contributed by atoms with Gasteiger partial charge in [-0.15, -0.1) is 0 Å². The Labute approximate surface area is 303 Å². The van der Waals surface area contributed by atoms with Crippen LogP contribution in [-0.2, 0) is 33.1 Å². The number of carbonyl (C=O) groups excluding carboxylic acids is 4. The maximum Gasteiger partial charge on any atom is 0.338 e. The second-order valence-electron chi connectivity index (χ2n) is 13.6. The Hall–Kier alpha value is -3.41. The number of ether oxygens (including phenoxy) is 4. The fourth-order valence-electron chi connectivity index (χ4n) is 6.19. The molecule has 0 aliphatic carbocycles. The summed E-state index contributed by atoms with van der Waals surface area (Å²) in [4.78, 5) is 52.9. The third kappa shape index (κ3) is 12.9. The molecule has 4 rings (SSSR count). The van der Waals surface area contributed by atoms with Gasteiger partial charge in [0.25, 0.3) is 0 Å². The molecule has 280 valence electrons. The average molecular weight is 728 g/mol. The number of unbranched alkanes of at least 4 members (excludes halogenated alkanes) is 1. The van der Waals surface area contributed by atoms with Crippen LogP contribution in [0, 0.1) is 0 Å². The second kappa shape index (κ2) is 20.6. The number of amides is 2. The molecule has 2 aliphatic heterocycles. The zero-order valence-corrected chi connectivity index (χ0v) is 31.5. The average Bonchev–Trinajstić information content (AvgIpc) is 3.12. The van der Waals surface area contributed by atoms with Crippen molar-refractivity contribution in [2.24, 2.45) is 0 Å². The summed E-state index contributed by atoms with van der Waals surface area (Å²) in [5.74, 6) is -1.30. The smallest absolute Gasteiger partial charge is 0.338 e. The Balaban J connectivity index is 1.29. The Morgan fingerprint density at radius 2 is 1.51 bits per heavy atom. The number of nitrogens with one attached hydrogen (secondary N) is 1. The second-order valence-corrected chi connectivity index (χ2v) is 14.5. The lowest BCUT2D eigenvalue weighted by Gasteiger charge is -2.41. The van der Waals surface area contributed by atoms with E-state index >= 15 is 0 Å². The van der Waals surface area contributed by atoms with Gasteiger partial charge in [-0.2, -0.15) is 0 Å². The van der Waals surface area contributed by atoms with Crippen molar-refractivity contribution in [1.82, 2.24) is 14.9 Å². The minimum Gasteiger partial charge on any atom is -0.459 e. The summed E-state index contributed by atoms with van der Waals surface area (Å²) >= 11 is 0. The molecule has 0 radical (unpaired) electrons. The maximum absolute atomic E-state index is 13.1. The van der Waals surface area contributed by atoms with E-state index in [2.05, 4.69) is 37.7 Å². The van der Waals surface area contributed by atoms with Gasteiger partial charge in [0.05, 0.1) is 32.3 Å². The molecule has 2 amide bonds. The molecule has 2 aromatic rings. The minimum absolute atomic E-state index is 0.107. The van der Waals surface area contributed by atoms with Gasteiger partial charge < -0.3 is 33.7 Å². The van der Waals surface area contributed by atoms with Gasteiger partial charge in [-0.1, -0.05) is 36.4 Å². The quantitative estimate of drug-likeness (QED) is 0.126. The summed E-state index contributed by atoms with van der Waals surface area (Å²) in [5, 5.41) is 2.83. The largest absolute Gasteiger partial charge is 0.459 e. The van der Waals surface area contributed by atoms with Gasteiger partial charge in [0, 0.05) is 51.5 Å². The fraction of sp³-hybridized carbons (Fsp3) is 0.579. The van der Waals surface area contributed by atoms with Gasteiger partial charge in [0.15, 0.2) is 6.29 Å². The van der Waals surface area contributed by atoms with Crippen LogP contribution in [-0.4, -0.2) is 102 Å². The fourth-order valence-corrected chi connectivity index (χ4v) is 7.11. The van der Waals surface area contributed by atoms with Gasteiger partial charge in [0.1, 0.15) is 18.8 Å². The van der Waals surface area contributed by atoms with Crippen LogP contribution >= 0.6 is 8.96 Å². The van der Waals surface area contributed by atoms with Crippen LogP contribution in [0.25, 0.3) is 0 Å². The molecule has 2 aromatic carbocycles. The molecule has 0 saturated carbocycles. The summed E-state index contributed by atoms with van der Waals surface area (Å²) in [6.45, 7) is 11.6. The molecule has 12 nitrogen and oxygen atoms in total. The number of nitrogens with zero attached hydrogens (tertiary/aromatic N) is 2. The van der Waals surface area contributed by atoms with Crippen LogP contribution in [0.2, 0.25) is 0 Å². The molecule has 2 heterocycles. The molecule has 2 aliphatic rings. The van der Waals surface area contributed by atoms with Gasteiger partial charge >= 0.3 is 11.9 Å². The van der Waals surface area contributed by atoms with Gasteiger partial charge in [0.2, 0.25) is 11.8 Å². The number of rotatable bonds is 17. The summed E-state index contributed by atoms with van der Waals surface area (Å²) < 4.78 is 32.4. The van der Waals surface area contributed by atoms with Crippen molar-refractivity contribution in [2.45, 2.75) is 116 Å². The van der Waals surface area contributed by atoms with Gasteiger partial charge in [-0.3, -0.25) is 14.3 Å². The molecular weight excluding hydrogens is 673 g/mol. The molecule has 0 bridgehead atoms. The van der Waals surface area contributed by atoms with Crippen LogP contribution in [0.5, 0.6) is 0 Å². The molecule has 3 unspecified atom stereocenters. The summed E-state index contributed by atoms with van der Waals surface area (Å²) in [6, 6.07) is 17.2. The highest BCUT2D eigenvalue weighted by atomic mass is 31.1. The van der Waals surface area contributed by atoms with Crippen molar-refractivity contribution in [2.75, 3.05) is 26.3 Å². The van der Waals surface area contributed by atoms with Crippen LogP contribution < -0.4 is 5.32 Å². The van der Waals surface area contributed by atoms with Crippen molar-refractivity contribution in [3.05, 3.63) is 71.8 Å². The number of esters is 2. The minimum atomic E-state index is -0.991. The standard InChI is InChI=1S/C38H54N3O9P/c1-26(2)41(27(3)4)51-50-31-19-21-40(22-20-31)34(43)18-12-13-23-46-38-35(39-28(5)42)33(49-37(45)30-16-10-7-11-17-30)24-32(48-38)25-47-36(44)29-14-8-6-9-15-29/h6-11,14-17,26-27,31-33,35,38,51H,12-13,18-25H2,1-5H3,(H,39,42)/t32?,33?,35-,38+/m0/s1. The highest BCUT2D eigenvalue weighted by Gasteiger charge is 2.43. The zero-order chi connectivity index (χ0) is 36.8. The monoisotopic (exact) mass is 727 g/mol. The molecule has 2 saturated heterocycles. The van der Waals surface area contributed by atoms with Gasteiger partial charge in [-0.25, -0.2) is 9.59 Å². The van der Waals surface area contributed by atoms with Crippen molar-refractivity contribution in [3.8, 4) is 0 Å². The molecular formula is C38H54N3O9P. The highest BCUT2D eigenvalue weighted by Crippen LogP contribution is 2.31.